The first-order valence-corrected chi connectivity index (χ1v) is 9.30. The van der Waals surface area contributed by atoms with Gasteiger partial charge < -0.3 is 19.9 Å². The van der Waals surface area contributed by atoms with Crippen LogP contribution in [0.1, 0.15) is 0 Å². The van der Waals surface area contributed by atoms with Crippen molar-refractivity contribution in [3.63, 3.8) is 0 Å². The molecule has 0 aliphatic heterocycles. The molecule has 7 heteroatoms. The van der Waals surface area contributed by atoms with Gasteiger partial charge in [-0.25, -0.2) is 14.8 Å². The average molecular weight is 387 g/mol. The highest BCUT2D eigenvalue weighted by Crippen LogP contribution is 2.23. The first-order chi connectivity index (χ1) is 14.2. The summed E-state index contributed by atoms with van der Waals surface area (Å²) >= 11 is 0. The van der Waals surface area contributed by atoms with E-state index in [1.54, 1.807) is 37.6 Å². The molecule has 4 aromatic rings. The van der Waals surface area contributed by atoms with Crippen LogP contribution in [-0.4, -0.2) is 34.2 Å². The van der Waals surface area contributed by atoms with E-state index in [0.29, 0.717) is 18.8 Å². The molecule has 0 aliphatic carbocycles. The number of amides is 2. The zero-order chi connectivity index (χ0) is 20.1. The number of benzene rings is 2. The van der Waals surface area contributed by atoms with Crippen molar-refractivity contribution in [2.24, 2.45) is 0 Å². The summed E-state index contributed by atoms with van der Waals surface area (Å²) in [5.74, 6) is 1.57. The monoisotopic (exact) mass is 387 g/mol. The number of fused-ring (bicyclic) bond motifs is 1. The molecule has 2 heterocycles. The molecule has 0 atom stereocenters. The molecular formula is C22H21N5O2. The van der Waals surface area contributed by atoms with Crippen molar-refractivity contribution in [2.45, 2.75) is 6.54 Å². The first-order valence-electron chi connectivity index (χ1n) is 9.30. The number of imidazole rings is 1. The lowest BCUT2D eigenvalue weighted by atomic mass is 10.2. The summed E-state index contributed by atoms with van der Waals surface area (Å²) in [4.78, 5) is 21.4. The maximum atomic E-state index is 12.2. The normalized spacial score (nSPS) is 10.7. The lowest BCUT2D eigenvalue weighted by molar-refractivity contribution is 0.251. The van der Waals surface area contributed by atoms with E-state index < -0.39 is 0 Å². The van der Waals surface area contributed by atoms with Crippen LogP contribution < -0.4 is 15.4 Å². The Morgan fingerprint density at radius 1 is 1.03 bits per heavy atom. The van der Waals surface area contributed by atoms with Gasteiger partial charge in [0.25, 0.3) is 0 Å². The van der Waals surface area contributed by atoms with Gasteiger partial charge >= 0.3 is 6.03 Å². The second-order valence-electron chi connectivity index (χ2n) is 6.41. The molecule has 0 spiro atoms. The van der Waals surface area contributed by atoms with Crippen molar-refractivity contribution in [1.29, 1.82) is 0 Å². The quantitative estimate of drug-likeness (QED) is 0.525. The molecule has 0 radical (unpaired) electrons. The van der Waals surface area contributed by atoms with Gasteiger partial charge in [-0.3, -0.25) is 0 Å². The van der Waals surface area contributed by atoms with Gasteiger partial charge in [-0.1, -0.05) is 30.3 Å². The SMILES string of the molecule is COc1ccc(NC(=O)NCCn2c(-c3ccccc3)nc3cccnc32)cc1. The maximum Gasteiger partial charge on any atom is 0.319 e. The van der Waals surface area contributed by atoms with E-state index >= 15 is 0 Å². The lowest BCUT2D eigenvalue weighted by Crippen LogP contribution is -2.31. The van der Waals surface area contributed by atoms with Gasteiger partial charge in [-0.15, -0.1) is 0 Å². The van der Waals surface area contributed by atoms with Crippen LogP contribution in [0, 0.1) is 0 Å². The van der Waals surface area contributed by atoms with Crippen LogP contribution in [0.5, 0.6) is 5.75 Å². The van der Waals surface area contributed by atoms with Crippen LogP contribution in [0.25, 0.3) is 22.6 Å². The number of ether oxygens (including phenoxy) is 1. The van der Waals surface area contributed by atoms with Crippen LogP contribution in [0.2, 0.25) is 0 Å². The molecular weight excluding hydrogens is 366 g/mol. The van der Waals surface area contributed by atoms with Gasteiger partial charge in [0.1, 0.15) is 17.1 Å². The number of aromatic nitrogens is 3. The minimum atomic E-state index is -0.270. The van der Waals surface area contributed by atoms with E-state index in [1.807, 2.05) is 47.0 Å². The fourth-order valence-corrected chi connectivity index (χ4v) is 3.11. The number of nitrogens with one attached hydrogen (secondary N) is 2. The Morgan fingerprint density at radius 2 is 1.83 bits per heavy atom. The molecule has 29 heavy (non-hydrogen) atoms. The second kappa shape index (κ2) is 8.43. The van der Waals surface area contributed by atoms with Crippen molar-refractivity contribution in [1.82, 2.24) is 19.9 Å². The van der Waals surface area contributed by atoms with E-state index in [2.05, 4.69) is 15.6 Å². The van der Waals surface area contributed by atoms with Gasteiger partial charge in [-0.2, -0.15) is 0 Å². The highest BCUT2D eigenvalue weighted by molar-refractivity contribution is 5.89. The third-order valence-corrected chi connectivity index (χ3v) is 4.50. The van der Waals surface area contributed by atoms with Crippen molar-refractivity contribution in [3.8, 4) is 17.1 Å². The molecule has 0 unspecified atom stereocenters. The minimum Gasteiger partial charge on any atom is -0.497 e. The Bertz CT molecular complexity index is 1110. The highest BCUT2D eigenvalue weighted by Gasteiger charge is 2.13. The van der Waals surface area contributed by atoms with E-state index in [9.17, 15) is 4.79 Å². The Morgan fingerprint density at radius 3 is 2.59 bits per heavy atom. The van der Waals surface area contributed by atoms with Gasteiger partial charge in [-0.05, 0) is 36.4 Å². The first kappa shape index (κ1) is 18.5. The fourth-order valence-electron chi connectivity index (χ4n) is 3.11. The number of methoxy groups -OCH3 is 1. The minimum absolute atomic E-state index is 0.270. The summed E-state index contributed by atoms with van der Waals surface area (Å²) in [6.07, 6.45) is 1.75. The van der Waals surface area contributed by atoms with Gasteiger partial charge in [0, 0.05) is 30.5 Å². The summed E-state index contributed by atoms with van der Waals surface area (Å²) in [6.45, 7) is 0.984. The van der Waals surface area contributed by atoms with E-state index in [-0.39, 0.29) is 6.03 Å². The van der Waals surface area contributed by atoms with Crippen LogP contribution >= 0.6 is 0 Å². The van der Waals surface area contributed by atoms with Gasteiger partial charge in [0.2, 0.25) is 0 Å². The Kier molecular flexibility index (Phi) is 5.38. The number of hydrogen-bond acceptors (Lipinski definition) is 4. The molecule has 0 bridgehead atoms. The fraction of sp³-hybridized carbons (Fsp3) is 0.136. The summed E-state index contributed by atoms with van der Waals surface area (Å²) in [7, 11) is 1.60. The Labute approximate surface area is 168 Å². The third-order valence-electron chi connectivity index (χ3n) is 4.50. The Balaban J connectivity index is 1.46. The highest BCUT2D eigenvalue weighted by atomic mass is 16.5. The third kappa shape index (κ3) is 4.19. The molecule has 2 N–H and O–H groups in total. The summed E-state index contributed by atoms with van der Waals surface area (Å²) in [5, 5.41) is 5.69. The van der Waals surface area contributed by atoms with E-state index in [0.717, 1.165) is 28.3 Å². The Hall–Kier alpha value is -3.87. The zero-order valence-corrected chi connectivity index (χ0v) is 16.0. The van der Waals surface area contributed by atoms with Gasteiger partial charge in [0.15, 0.2) is 5.65 Å². The van der Waals surface area contributed by atoms with E-state index in [4.69, 9.17) is 9.72 Å². The largest absolute Gasteiger partial charge is 0.497 e. The molecule has 7 nitrogen and oxygen atoms in total. The standard InChI is InChI=1S/C22H21N5O2/c1-29-18-11-9-17(10-12-18)25-22(28)24-14-15-27-20(16-6-3-2-4-7-16)26-19-8-5-13-23-21(19)27/h2-13H,14-15H2,1H3,(H2,24,25,28). The maximum absolute atomic E-state index is 12.2. The van der Waals surface area contributed by atoms with Crippen LogP contribution in [0.3, 0.4) is 0 Å². The predicted molar refractivity (Wildman–Crippen MR) is 113 cm³/mol. The smallest absolute Gasteiger partial charge is 0.319 e. The zero-order valence-electron chi connectivity index (χ0n) is 16.0. The van der Waals surface area contributed by atoms with Crippen molar-refractivity contribution >= 4 is 22.9 Å². The van der Waals surface area contributed by atoms with Gasteiger partial charge in [0.05, 0.1) is 7.11 Å². The number of anilines is 1. The molecule has 2 aromatic carbocycles. The number of rotatable bonds is 6. The summed E-state index contributed by atoms with van der Waals surface area (Å²) in [6, 6.07) is 20.7. The number of hydrogen-bond donors (Lipinski definition) is 2. The molecule has 0 saturated heterocycles. The second-order valence-corrected chi connectivity index (χ2v) is 6.41. The number of urea groups is 1. The number of carbonyl (C=O) groups excluding carboxylic acids is 1. The van der Waals surface area contributed by atoms with Crippen molar-refractivity contribution in [3.05, 3.63) is 72.9 Å². The lowest BCUT2D eigenvalue weighted by Gasteiger charge is -2.11. The average Bonchev–Trinajstić information content (AvgIpc) is 3.14. The van der Waals surface area contributed by atoms with Crippen LogP contribution in [0.15, 0.2) is 72.9 Å². The number of carbonyl (C=O) groups is 1. The molecule has 2 aromatic heterocycles. The predicted octanol–water partition coefficient (Wildman–Crippen LogP) is 3.93. The molecule has 0 saturated carbocycles. The molecule has 2 amide bonds. The van der Waals surface area contributed by atoms with E-state index in [1.165, 1.54) is 0 Å². The molecule has 0 aliphatic rings. The molecule has 4 rings (SSSR count). The number of nitrogens with zero attached hydrogens (tertiary/aromatic N) is 3. The topological polar surface area (TPSA) is 81.1 Å². The van der Waals surface area contributed by atoms with Crippen LogP contribution in [0.4, 0.5) is 10.5 Å². The number of pyridine rings is 1. The van der Waals surface area contributed by atoms with Crippen molar-refractivity contribution in [2.75, 3.05) is 19.0 Å². The molecule has 0 fully saturated rings. The van der Waals surface area contributed by atoms with Crippen LogP contribution in [-0.2, 0) is 6.54 Å². The molecule has 146 valence electrons. The van der Waals surface area contributed by atoms with Crippen molar-refractivity contribution < 1.29 is 9.53 Å². The summed E-state index contributed by atoms with van der Waals surface area (Å²) < 4.78 is 7.15. The summed E-state index contributed by atoms with van der Waals surface area (Å²) in [5.41, 5.74) is 3.33.